The third kappa shape index (κ3) is 3.08. The first-order valence-corrected chi connectivity index (χ1v) is 15.2. The van der Waals surface area contributed by atoms with Crippen LogP contribution in [0.1, 0.15) is 0 Å². The molecule has 0 fully saturated rings. The molecule has 188 valence electrons. The van der Waals surface area contributed by atoms with Gasteiger partial charge in [-0.15, -0.1) is 22.7 Å². The van der Waals surface area contributed by atoms with Crippen LogP contribution in [0.3, 0.4) is 0 Å². The maximum Gasteiger partial charge on any atom is 0.0489 e. The Kier molecular flexibility index (Phi) is 4.63. The van der Waals surface area contributed by atoms with Gasteiger partial charge in [-0.25, -0.2) is 0 Å². The van der Waals surface area contributed by atoms with Crippen molar-refractivity contribution >= 4 is 84.8 Å². The van der Waals surface area contributed by atoms with E-state index < -0.39 is 0 Å². The smallest absolute Gasteiger partial charge is 0.0489 e. The molecule has 0 bridgehead atoms. The first-order chi connectivity index (χ1) is 19.7. The van der Waals surface area contributed by atoms with E-state index in [0.717, 1.165) is 0 Å². The van der Waals surface area contributed by atoms with E-state index in [4.69, 9.17) is 0 Å². The zero-order valence-corrected chi connectivity index (χ0v) is 23.4. The maximum atomic E-state index is 2.40. The van der Waals surface area contributed by atoms with Gasteiger partial charge in [-0.1, -0.05) is 84.9 Å². The lowest BCUT2D eigenvalue weighted by Crippen LogP contribution is -1.86. The lowest BCUT2D eigenvalue weighted by atomic mass is 9.98. The van der Waals surface area contributed by atoms with E-state index in [1.54, 1.807) is 0 Å². The Hall–Kier alpha value is -4.44. The molecule has 1 nitrogen and oxygen atoms in total. The lowest BCUT2D eigenvalue weighted by Gasteiger charge is -2.06. The highest BCUT2D eigenvalue weighted by Gasteiger charge is 2.15. The van der Waals surface area contributed by atoms with Crippen LogP contribution in [-0.2, 0) is 7.05 Å². The summed E-state index contributed by atoms with van der Waals surface area (Å²) in [5.41, 5.74) is 7.69. The first-order valence-electron chi connectivity index (χ1n) is 13.6. The summed E-state index contributed by atoms with van der Waals surface area (Å²) in [5.74, 6) is 0. The van der Waals surface area contributed by atoms with Crippen LogP contribution < -0.4 is 0 Å². The van der Waals surface area contributed by atoms with Crippen molar-refractivity contribution in [3.05, 3.63) is 121 Å². The molecule has 9 rings (SSSR count). The fourth-order valence-corrected chi connectivity index (χ4v) is 8.98. The summed E-state index contributed by atoms with van der Waals surface area (Å²) in [6, 6.07) is 44.9. The Bertz CT molecular complexity index is 2280. The van der Waals surface area contributed by atoms with E-state index in [0.29, 0.717) is 0 Å². The molecule has 3 heterocycles. The molecule has 0 N–H and O–H groups in total. The number of thiophene rings is 2. The van der Waals surface area contributed by atoms with Gasteiger partial charge in [0.05, 0.1) is 0 Å². The summed E-state index contributed by atoms with van der Waals surface area (Å²) in [5, 5.41) is 7.98. The highest BCUT2D eigenvalue weighted by molar-refractivity contribution is 7.26. The first kappa shape index (κ1) is 22.4. The van der Waals surface area contributed by atoms with Crippen LogP contribution in [0.2, 0.25) is 0 Å². The van der Waals surface area contributed by atoms with Gasteiger partial charge in [-0.2, -0.15) is 0 Å². The van der Waals surface area contributed by atoms with Gasteiger partial charge in [0.15, 0.2) is 0 Å². The summed E-state index contributed by atoms with van der Waals surface area (Å²) in [7, 11) is 2.18. The average Bonchev–Trinajstić information content (AvgIpc) is 3.66. The number of hydrogen-bond donors (Lipinski definition) is 0. The van der Waals surface area contributed by atoms with Crippen molar-refractivity contribution in [2.75, 3.05) is 0 Å². The number of benzene rings is 6. The molecule has 0 unspecified atom stereocenters. The van der Waals surface area contributed by atoms with E-state index in [2.05, 4.69) is 133 Å². The van der Waals surface area contributed by atoms with E-state index in [-0.39, 0.29) is 0 Å². The Morgan fingerprint density at radius 1 is 0.425 bits per heavy atom. The van der Waals surface area contributed by atoms with Crippen molar-refractivity contribution < 1.29 is 0 Å². The van der Waals surface area contributed by atoms with Gasteiger partial charge in [0.25, 0.3) is 0 Å². The molecule has 3 heteroatoms. The number of aromatic nitrogens is 1. The lowest BCUT2D eigenvalue weighted by molar-refractivity contribution is 1.01. The van der Waals surface area contributed by atoms with Crippen LogP contribution in [0.4, 0.5) is 0 Å². The van der Waals surface area contributed by atoms with Crippen molar-refractivity contribution in [2.45, 2.75) is 0 Å². The Labute approximate surface area is 239 Å². The number of aryl methyl sites for hydroxylation is 1. The van der Waals surface area contributed by atoms with Gasteiger partial charge < -0.3 is 4.57 Å². The molecular weight excluding hydrogens is 523 g/mol. The fourth-order valence-electron chi connectivity index (χ4n) is 6.50. The van der Waals surface area contributed by atoms with Crippen molar-refractivity contribution in [3.63, 3.8) is 0 Å². The summed E-state index contributed by atoms with van der Waals surface area (Å²) < 4.78 is 7.74. The molecule has 40 heavy (non-hydrogen) atoms. The highest BCUT2D eigenvalue weighted by atomic mass is 32.1. The summed E-state index contributed by atoms with van der Waals surface area (Å²) in [4.78, 5) is 0. The molecule has 0 aliphatic rings. The van der Waals surface area contributed by atoms with E-state index in [1.165, 1.54) is 84.4 Å². The predicted molar refractivity (Wildman–Crippen MR) is 177 cm³/mol. The van der Waals surface area contributed by atoms with Gasteiger partial charge in [0, 0.05) is 69.2 Å². The second kappa shape index (κ2) is 8.28. The second-order valence-electron chi connectivity index (χ2n) is 10.6. The van der Waals surface area contributed by atoms with Gasteiger partial charge in [0.1, 0.15) is 0 Å². The molecule has 0 spiro atoms. The molecular formula is C37H23NS2. The van der Waals surface area contributed by atoms with Crippen molar-refractivity contribution in [2.24, 2.45) is 7.05 Å². The Morgan fingerprint density at radius 2 is 0.875 bits per heavy atom. The maximum absolute atomic E-state index is 2.40. The minimum Gasteiger partial charge on any atom is -0.344 e. The van der Waals surface area contributed by atoms with E-state index >= 15 is 0 Å². The van der Waals surface area contributed by atoms with Crippen LogP contribution in [0, 0.1) is 0 Å². The number of nitrogens with zero attached hydrogens (tertiary/aromatic N) is 1. The molecule has 6 aromatic carbocycles. The van der Waals surface area contributed by atoms with Crippen molar-refractivity contribution in [3.8, 4) is 22.3 Å². The fraction of sp³-hybridized carbons (Fsp3) is 0.0270. The van der Waals surface area contributed by atoms with Crippen LogP contribution in [-0.4, -0.2) is 4.57 Å². The number of hydrogen-bond acceptors (Lipinski definition) is 2. The number of fused-ring (bicyclic) bond motifs is 9. The molecule has 0 atom stereocenters. The zero-order valence-electron chi connectivity index (χ0n) is 21.8. The topological polar surface area (TPSA) is 4.93 Å². The molecule has 3 aromatic heterocycles. The third-order valence-corrected chi connectivity index (χ3v) is 10.9. The molecule has 0 radical (unpaired) electrons. The second-order valence-corrected chi connectivity index (χ2v) is 12.7. The van der Waals surface area contributed by atoms with Crippen molar-refractivity contribution in [1.29, 1.82) is 0 Å². The van der Waals surface area contributed by atoms with Crippen molar-refractivity contribution in [1.82, 2.24) is 4.57 Å². The molecule has 0 aliphatic heterocycles. The van der Waals surface area contributed by atoms with E-state index in [1.807, 2.05) is 22.7 Å². The quantitative estimate of drug-likeness (QED) is 0.204. The highest BCUT2D eigenvalue weighted by Crippen LogP contribution is 2.43. The van der Waals surface area contributed by atoms with Gasteiger partial charge in [-0.3, -0.25) is 0 Å². The summed E-state index contributed by atoms with van der Waals surface area (Å²) in [6.07, 6.45) is 0. The van der Waals surface area contributed by atoms with Gasteiger partial charge in [0.2, 0.25) is 0 Å². The van der Waals surface area contributed by atoms with Crippen LogP contribution in [0.15, 0.2) is 121 Å². The average molecular weight is 546 g/mol. The third-order valence-electron chi connectivity index (χ3n) is 8.44. The summed E-state index contributed by atoms with van der Waals surface area (Å²) in [6.45, 7) is 0. The largest absolute Gasteiger partial charge is 0.344 e. The van der Waals surface area contributed by atoms with Crippen LogP contribution in [0.25, 0.3) is 84.4 Å². The Balaban J connectivity index is 1.28. The monoisotopic (exact) mass is 545 g/mol. The van der Waals surface area contributed by atoms with E-state index in [9.17, 15) is 0 Å². The molecule has 0 saturated heterocycles. The standard InChI is InChI=1S/C37H23NS2/c1-38-32-18-16-22(24-10-6-12-28-26-8-2-4-14-34(26)39-36(24)28)20-30(32)31-21-23(17-19-33(31)38)25-11-7-13-29-27-9-3-5-15-35(27)40-37(25)29/h2-21H,1H3. The minimum absolute atomic E-state index is 1.26. The van der Waals surface area contributed by atoms with Crippen LogP contribution >= 0.6 is 22.7 Å². The molecule has 0 saturated carbocycles. The minimum atomic E-state index is 1.26. The Morgan fingerprint density at radius 3 is 1.38 bits per heavy atom. The predicted octanol–water partition coefficient (Wildman–Crippen LogP) is 11.4. The molecule has 0 aliphatic carbocycles. The SMILES string of the molecule is Cn1c2ccc(-c3cccc4c3sc3ccccc34)cc2c2cc(-c3cccc4c3sc3ccccc34)ccc21. The molecule has 9 aromatic rings. The zero-order chi connectivity index (χ0) is 26.4. The van der Waals surface area contributed by atoms with Gasteiger partial charge >= 0.3 is 0 Å². The number of rotatable bonds is 2. The normalized spacial score (nSPS) is 12.1. The summed E-state index contributed by atoms with van der Waals surface area (Å²) >= 11 is 3.79. The van der Waals surface area contributed by atoms with Gasteiger partial charge in [-0.05, 0) is 58.7 Å². The molecule has 0 amide bonds. The van der Waals surface area contributed by atoms with Crippen LogP contribution in [0.5, 0.6) is 0 Å².